The molecule has 0 heterocycles. The highest BCUT2D eigenvalue weighted by molar-refractivity contribution is 5.77. The lowest BCUT2D eigenvalue weighted by Crippen LogP contribution is -2.43. The van der Waals surface area contributed by atoms with E-state index >= 15 is 0 Å². The monoisotopic (exact) mass is 250 g/mol. The average molecular weight is 250 g/mol. The Morgan fingerprint density at radius 2 is 1.78 bits per heavy atom. The summed E-state index contributed by atoms with van der Waals surface area (Å²) in [7, 11) is 0. The van der Waals surface area contributed by atoms with Gasteiger partial charge in [-0.3, -0.25) is 10.2 Å². The summed E-state index contributed by atoms with van der Waals surface area (Å²) >= 11 is 0. The first-order valence-corrected chi connectivity index (χ1v) is 6.15. The van der Waals surface area contributed by atoms with Crippen molar-refractivity contribution in [2.75, 3.05) is 6.61 Å². The molecule has 0 unspecified atom stereocenters. The maximum atomic E-state index is 11.5. The number of carbonyl (C=O) groups excluding carboxylic acids is 1. The van der Waals surface area contributed by atoms with Gasteiger partial charge in [0.25, 0.3) is 5.91 Å². The molecule has 4 nitrogen and oxygen atoms in total. The summed E-state index contributed by atoms with van der Waals surface area (Å²) in [6.45, 7) is 10.1. The number of ether oxygens (including phenoxy) is 1. The van der Waals surface area contributed by atoms with Crippen molar-refractivity contribution in [3.8, 4) is 5.75 Å². The number of benzene rings is 1. The topological polar surface area (TPSA) is 50.4 Å². The third-order valence-corrected chi connectivity index (χ3v) is 2.77. The van der Waals surface area contributed by atoms with E-state index < -0.39 is 0 Å². The first kappa shape index (κ1) is 14.5. The van der Waals surface area contributed by atoms with Gasteiger partial charge in [-0.2, -0.15) is 0 Å². The molecule has 0 radical (unpaired) electrons. The van der Waals surface area contributed by atoms with Crippen LogP contribution in [0.15, 0.2) is 12.1 Å². The number of carbonyl (C=O) groups is 1. The van der Waals surface area contributed by atoms with Crippen molar-refractivity contribution < 1.29 is 9.53 Å². The molecule has 2 N–H and O–H groups in total. The Morgan fingerprint density at radius 3 is 2.28 bits per heavy atom. The molecule has 0 saturated carbocycles. The molecule has 0 aliphatic heterocycles. The van der Waals surface area contributed by atoms with E-state index in [4.69, 9.17) is 4.74 Å². The lowest BCUT2D eigenvalue weighted by Gasteiger charge is -2.12. The number of nitrogens with one attached hydrogen (secondary N) is 2. The fraction of sp³-hybridized carbons (Fsp3) is 0.500. The highest BCUT2D eigenvalue weighted by atomic mass is 16.5. The smallest absolute Gasteiger partial charge is 0.271 e. The van der Waals surface area contributed by atoms with Crippen LogP contribution in [0.25, 0.3) is 0 Å². The van der Waals surface area contributed by atoms with Crippen LogP contribution >= 0.6 is 0 Å². The molecule has 0 aliphatic carbocycles. The first-order chi connectivity index (χ1) is 8.40. The van der Waals surface area contributed by atoms with Gasteiger partial charge in [-0.1, -0.05) is 0 Å². The van der Waals surface area contributed by atoms with E-state index in [9.17, 15) is 4.79 Å². The number of hydrazine groups is 1. The van der Waals surface area contributed by atoms with Gasteiger partial charge in [0.15, 0.2) is 6.61 Å². The van der Waals surface area contributed by atoms with E-state index in [1.165, 1.54) is 16.7 Å². The highest BCUT2D eigenvalue weighted by Gasteiger charge is 2.05. The van der Waals surface area contributed by atoms with E-state index in [1.807, 2.05) is 39.8 Å². The van der Waals surface area contributed by atoms with Crippen molar-refractivity contribution in [1.29, 1.82) is 0 Å². The van der Waals surface area contributed by atoms with Gasteiger partial charge < -0.3 is 4.74 Å². The molecule has 100 valence electrons. The maximum Gasteiger partial charge on any atom is 0.271 e. The van der Waals surface area contributed by atoms with Gasteiger partial charge in [-0.25, -0.2) is 5.43 Å². The minimum absolute atomic E-state index is 0.0155. The van der Waals surface area contributed by atoms with Gasteiger partial charge >= 0.3 is 0 Å². The van der Waals surface area contributed by atoms with E-state index in [0.29, 0.717) is 0 Å². The molecule has 1 amide bonds. The number of amides is 1. The van der Waals surface area contributed by atoms with Crippen molar-refractivity contribution in [2.45, 2.75) is 40.7 Å². The van der Waals surface area contributed by atoms with Crippen molar-refractivity contribution in [1.82, 2.24) is 10.9 Å². The minimum Gasteiger partial charge on any atom is -0.484 e. The fourth-order valence-corrected chi connectivity index (χ4v) is 1.49. The standard InChI is InChI=1S/C14H22N2O2/c1-9(2)15-16-14(17)8-18-13-6-10(3)12(5)11(4)7-13/h6-7,9,15H,8H2,1-5H3,(H,16,17). The Hall–Kier alpha value is -1.55. The summed E-state index contributed by atoms with van der Waals surface area (Å²) in [5, 5.41) is 0. The van der Waals surface area contributed by atoms with E-state index in [0.717, 1.165) is 5.75 Å². The number of aryl methyl sites for hydroxylation is 2. The molecule has 0 fully saturated rings. The molecule has 0 atom stereocenters. The van der Waals surface area contributed by atoms with Crippen LogP contribution < -0.4 is 15.6 Å². The van der Waals surface area contributed by atoms with Gasteiger partial charge in [-0.05, 0) is 63.4 Å². The normalized spacial score (nSPS) is 10.6. The third kappa shape index (κ3) is 4.37. The third-order valence-electron chi connectivity index (χ3n) is 2.77. The zero-order valence-corrected chi connectivity index (χ0v) is 11.8. The van der Waals surface area contributed by atoms with Crippen LogP contribution in [0.2, 0.25) is 0 Å². The highest BCUT2D eigenvalue weighted by Crippen LogP contribution is 2.20. The molecule has 1 aromatic carbocycles. The second-order valence-corrected chi connectivity index (χ2v) is 4.82. The average Bonchev–Trinajstić information content (AvgIpc) is 2.30. The molecule has 18 heavy (non-hydrogen) atoms. The van der Waals surface area contributed by atoms with Gasteiger partial charge in [0.05, 0.1) is 0 Å². The fourth-order valence-electron chi connectivity index (χ4n) is 1.49. The van der Waals surface area contributed by atoms with Crippen LogP contribution in [0.3, 0.4) is 0 Å². The summed E-state index contributed by atoms with van der Waals surface area (Å²) in [4.78, 5) is 11.5. The number of hydrogen-bond acceptors (Lipinski definition) is 3. The molecule has 4 heteroatoms. The Morgan fingerprint density at radius 1 is 1.22 bits per heavy atom. The zero-order chi connectivity index (χ0) is 13.7. The summed E-state index contributed by atoms with van der Waals surface area (Å²) in [6, 6.07) is 4.11. The van der Waals surface area contributed by atoms with Crippen molar-refractivity contribution in [3.63, 3.8) is 0 Å². The molecular weight excluding hydrogens is 228 g/mol. The predicted molar refractivity (Wildman–Crippen MR) is 72.6 cm³/mol. The van der Waals surface area contributed by atoms with Crippen LogP contribution in [0, 0.1) is 20.8 Å². The van der Waals surface area contributed by atoms with Crippen LogP contribution in [0.1, 0.15) is 30.5 Å². The predicted octanol–water partition coefficient (Wildman–Crippen LogP) is 2.02. The molecule has 0 saturated heterocycles. The van der Waals surface area contributed by atoms with Crippen LogP contribution in [-0.4, -0.2) is 18.6 Å². The summed E-state index contributed by atoms with van der Waals surface area (Å²) in [5.41, 5.74) is 9.01. The molecule has 0 aliphatic rings. The number of rotatable bonds is 5. The lowest BCUT2D eigenvalue weighted by molar-refractivity contribution is -0.124. The van der Waals surface area contributed by atoms with Crippen molar-refractivity contribution >= 4 is 5.91 Å². The first-order valence-electron chi connectivity index (χ1n) is 6.15. The Labute approximate surface area is 109 Å². The maximum absolute atomic E-state index is 11.5. The van der Waals surface area contributed by atoms with Crippen LogP contribution in [-0.2, 0) is 4.79 Å². The molecule has 0 bridgehead atoms. The largest absolute Gasteiger partial charge is 0.484 e. The minimum atomic E-state index is -0.181. The zero-order valence-electron chi connectivity index (χ0n) is 11.8. The Balaban J connectivity index is 2.51. The van der Waals surface area contributed by atoms with E-state index in [-0.39, 0.29) is 18.6 Å². The lowest BCUT2D eigenvalue weighted by atomic mass is 10.0. The molecule has 0 aromatic heterocycles. The van der Waals surface area contributed by atoms with Gasteiger partial charge in [0.1, 0.15) is 5.75 Å². The molecular formula is C14H22N2O2. The second kappa shape index (κ2) is 6.40. The van der Waals surface area contributed by atoms with E-state index in [1.54, 1.807) is 0 Å². The molecule has 1 rings (SSSR count). The van der Waals surface area contributed by atoms with Crippen LogP contribution in [0.4, 0.5) is 0 Å². The van der Waals surface area contributed by atoms with Crippen molar-refractivity contribution in [3.05, 3.63) is 28.8 Å². The molecule has 0 spiro atoms. The van der Waals surface area contributed by atoms with Crippen molar-refractivity contribution in [2.24, 2.45) is 0 Å². The number of hydrogen-bond donors (Lipinski definition) is 2. The second-order valence-electron chi connectivity index (χ2n) is 4.82. The summed E-state index contributed by atoms with van der Waals surface area (Å²) in [6.07, 6.45) is 0. The molecule has 1 aromatic rings. The quantitative estimate of drug-likeness (QED) is 0.786. The van der Waals surface area contributed by atoms with E-state index in [2.05, 4.69) is 17.8 Å². The van der Waals surface area contributed by atoms with Gasteiger partial charge in [-0.15, -0.1) is 0 Å². The summed E-state index contributed by atoms with van der Waals surface area (Å²) < 4.78 is 5.46. The van der Waals surface area contributed by atoms with Gasteiger partial charge in [0.2, 0.25) is 0 Å². The SMILES string of the molecule is Cc1cc(OCC(=O)NNC(C)C)cc(C)c1C. The van der Waals surface area contributed by atoms with Crippen LogP contribution in [0.5, 0.6) is 5.75 Å². The Bertz CT molecular complexity index is 405. The summed E-state index contributed by atoms with van der Waals surface area (Å²) in [5.74, 6) is 0.551. The van der Waals surface area contributed by atoms with Gasteiger partial charge in [0, 0.05) is 6.04 Å². The Kier molecular flexibility index (Phi) is 5.16.